The predicted octanol–water partition coefficient (Wildman–Crippen LogP) is 10.0. The van der Waals surface area contributed by atoms with Crippen molar-refractivity contribution in [3.63, 3.8) is 0 Å². The van der Waals surface area contributed by atoms with Crippen molar-refractivity contribution in [2.45, 2.75) is 40.5 Å². The maximum atomic E-state index is 11.5. The van der Waals surface area contributed by atoms with Gasteiger partial charge in [0.1, 0.15) is 5.02 Å². The number of aliphatic hydroxyl groups excluding tert-OH is 1. The smallest absolute Gasteiger partial charge is 0.537 e. The number of imidazole rings is 2. The van der Waals surface area contributed by atoms with Crippen LogP contribution in [0.15, 0.2) is 183 Å². The monoisotopic (exact) mass is 1340 g/mol. The number of benzene rings is 4. The summed E-state index contributed by atoms with van der Waals surface area (Å²) in [6.07, 6.45) is 12.6. The van der Waals surface area contributed by atoms with Crippen molar-refractivity contribution in [1.29, 1.82) is 0 Å². The lowest BCUT2D eigenvalue weighted by Crippen LogP contribution is -2.17. The number of esters is 1. The third kappa shape index (κ3) is 24.6. The molecule has 0 fully saturated rings. The van der Waals surface area contributed by atoms with Gasteiger partial charge in [-0.25, -0.2) is 24.7 Å². The molecular weight excluding hydrogens is 1280 g/mol. The van der Waals surface area contributed by atoms with Gasteiger partial charge in [-0.1, -0.05) is 151 Å². The summed E-state index contributed by atoms with van der Waals surface area (Å²) in [6.45, 7) is 7.90. The zero-order chi connectivity index (χ0) is 68.5. The molecule has 0 saturated carbocycles. The van der Waals surface area contributed by atoms with E-state index in [1.165, 1.54) is 18.5 Å². The Morgan fingerprint density at radius 3 is 1.37 bits per heavy atom. The van der Waals surface area contributed by atoms with Gasteiger partial charge in [0.2, 0.25) is 23.1 Å². The number of Topliss-reactive ketones (excluding diaryl/α,β-unsaturated/α-hetero) is 1. The van der Waals surface area contributed by atoms with E-state index in [0.717, 1.165) is 57.8 Å². The van der Waals surface area contributed by atoms with Crippen molar-refractivity contribution in [3.05, 3.63) is 230 Å². The van der Waals surface area contributed by atoms with Crippen LogP contribution in [0, 0.1) is 30.3 Å². The van der Waals surface area contributed by atoms with Crippen LogP contribution < -0.4 is 21.9 Å². The number of fused-ring (bicyclic) bond motifs is 2. The number of pyridine rings is 4. The highest BCUT2D eigenvalue weighted by molar-refractivity contribution is 9.09. The van der Waals surface area contributed by atoms with Crippen molar-refractivity contribution in [2.75, 3.05) is 35.7 Å². The molecule has 28 nitrogen and oxygen atoms in total. The van der Waals surface area contributed by atoms with Crippen molar-refractivity contribution in [2.24, 2.45) is 0 Å². The van der Waals surface area contributed by atoms with Crippen LogP contribution in [0.3, 0.4) is 0 Å². The molecule has 4 aromatic carbocycles. The summed E-state index contributed by atoms with van der Waals surface area (Å²) in [5, 5.41) is 48.4. The molecule has 0 unspecified atom stereocenters. The summed E-state index contributed by atoms with van der Waals surface area (Å²) in [4.78, 5) is 100. The molecule has 6 aromatic heterocycles. The van der Waals surface area contributed by atoms with Gasteiger partial charge in [0, 0.05) is 49.4 Å². The van der Waals surface area contributed by atoms with Crippen LogP contribution >= 0.6 is 27.5 Å². The molecule has 10 aromatic rings. The Kier molecular flexibility index (Phi) is 35.4. The highest BCUT2D eigenvalue weighted by atomic mass is 79.9. The van der Waals surface area contributed by atoms with Crippen molar-refractivity contribution >= 4 is 105 Å². The average Bonchev–Trinajstić information content (AvgIpc) is 1.59. The number of rotatable bonds is 13. The fourth-order valence-corrected chi connectivity index (χ4v) is 7.87. The molecule has 0 aliphatic rings. The van der Waals surface area contributed by atoms with Gasteiger partial charge >= 0.3 is 43.0 Å². The van der Waals surface area contributed by atoms with Gasteiger partial charge < -0.3 is 45.5 Å². The molecule has 0 bridgehead atoms. The predicted molar refractivity (Wildman–Crippen MR) is 345 cm³/mol. The minimum Gasteiger partial charge on any atom is -0.537 e. The van der Waals surface area contributed by atoms with Crippen molar-refractivity contribution in [3.8, 4) is 39.1 Å². The van der Waals surface area contributed by atoms with E-state index in [0.29, 0.717) is 30.2 Å². The van der Waals surface area contributed by atoms with Gasteiger partial charge in [-0.3, -0.25) is 35.1 Å². The molecule has 1 radical (unpaired) electrons. The summed E-state index contributed by atoms with van der Waals surface area (Å²) in [7, 11) is 0.662. The fraction of sp³-hybridized carbons (Fsp3) is 0.148. The van der Waals surface area contributed by atoms with E-state index in [1.807, 2.05) is 127 Å². The van der Waals surface area contributed by atoms with Gasteiger partial charge in [0.25, 0.3) is 0 Å². The second-order valence-electron chi connectivity index (χ2n) is 17.1. The number of nitrogens with zero attached hydrogens (tertiary/aromatic N) is 9. The lowest BCUT2D eigenvalue weighted by atomic mass is 10.1. The quantitative estimate of drug-likeness (QED) is 0.0179. The van der Waals surface area contributed by atoms with Gasteiger partial charge in [-0.15, -0.1) is 0 Å². The van der Waals surface area contributed by atoms with E-state index in [4.69, 9.17) is 58.1 Å². The molecule has 0 aliphatic carbocycles. The molecule has 6 heterocycles. The molecular formula is C61H60BBrClN12O16. The molecule has 0 atom stereocenters. The van der Waals surface area contributed by atoms with E-state index in [9.17, 15) is 39.9 Å². The first-order chi connectivity index (χ1) is 44.2. The van der Waals surface area contributed by atoms with Crippen LogP contribution in [-0.2, 0) is 46.3 Å². The Bertz CT molecular complexity index is 3980. The molecule has 477 valence electrons. The number of aliphatic hydroxyl groups is 1. The third-order valence-electron chi connectivity index (χ3n) is 11.3. The second kappa shape index (κ2) is 42.5. The van der Waals surface area contributed by atoms with E-state index >= 15 is 0 Å². The number of anilines is 3. The van der Waals surface area contributed by atoms with E-state index in [-0.39, 0.29) is 69.5 Å². The molecule has 10 rings (SSSR count). The number of hydrogen-bond acceptors (Lipinski definition) is 23. The molecule has 0 spiro atoms. The van der Waals surface area contributed by atoms with E-state index in [1.54, 1.807) is 54.6 Å². The topological polar surface area (TPSA) is 429 Å². The number of aromatic nitrogens is 6. The first-order valence-electron chi connectivity index (χ1n) is 26.8. The number of hydrogen-bond donors (Lipinski definition) is 5. The first kappa shape index (κ1) is 76.7. The number of halogens is 2. The molecule has 92 heavy (non-hydrogen) atoms. The summed E-state index contributed by atoms with van der Waals surface area (Å²) in [6, 6.07) is 44.3. The average molecular weight is 1340 g/mol. The number of ether oxygens (including phenoxy) is 1. The van der Waals surface area contributed by atoms with Gasteiger partial charge in [-0.2, -0.15) is 19.2 Å². The number of carbonyl (C=O) groups excluding carboxylic acids is 6. The Hall–Kier alpha value is -11.4. The minimum absolute atomic E-state index is 0.00231. The highest BCUT2D eigenvalue weighted by Crippen LogP contribution is 2.35. The Morgan fingerprint density at radius 1 is 0.598 bits per heavy atom. The van der Waals surface area contributed by atoms with Crippen LogP contribution in [0.1, 0.15) is 39.1 Å². The number of nitrogens with two attached hydrogens (primary N) is 3. The summed E-state index contributed by atoms with van der Waals surface area (Å²) >= 11 is 8.30. The second-order valence-corrected chi connectivity index (χ2v) is 18.1. The number of carbonyl (C=O) groups is 2. The molecule has 8 N–H and O–H groups in total. The molecule has 31 heteroatoms. The summed E-state index contributed by atoms with van der Waals surface area (Å²) in [5.41, 5.74) is 25.2. The number of para-hydroxylation sites is 1. The van der Waals surface area contributed by atoms with E-state index < -0.39 is 21.6 Å². The van der Waals surface area contributed by atoms with Gasteiger partial charge in [-0.05, 0) is 79.8 Å². The lowest BCUT2D eigenvalue weighted by Gasteiger charge is -2.06. The van der Waals surface area contributed by atoms with Crippen LogP contribution in [0.25, 0.3) is 44.7 Å². The SMILES string of the molecule is CCO.CCOC(=O)C(=O)CBr.CCc1cn2ccc(-c3ccccc3)c(N)c2n1.CCc1cn2ccc(-c3ccccc3)c([N+](=O)[O-])c2n1.Nc1nccc(-c2ccccc2)c1[N+](=O)[O-].Nc1nccc(Cl)c1[N+](=O)[O-].O=C=O.O=C=O.O[B]Oc1ccccc1. The molecule has 0 aliphatic heterocycles. The Balaban J connectivity index is 0.000000374. The molecule has 0 saturated heterocycles. The lowest BCUT2D eigenvalue weighted by molar-refractivity contribution is -0.384. The molecule has 0 amide bonds. The number of nitrogen functional groups attached to an aromatic ring is 3. The number of nitro groups is 3. The third-order valence-corrected chi connectivity index (χ3v) is 12.1. The van der Waals surface area contributed by atoms with Crippen molar-refractivity contribution < 1.29 is 63.1 Å². The van der Waals surface area contributed by atoms with Crippen LogP contribution in [0.5, 0.6) is 5.75 Å². The minimum atomic E-state index is -0.769. The Labute approximate surface area is 539 Å². The maximum absolute atomic E-state index is 11.5. The van der Waals surface area contributed by atoms with Crippen LogP contribution in [0.4, 0.5) is 34.4 Å². The Morgan fingerprint density at radius 2 is 0.978 bits per heavy atom. The standard InChI is InChI=1S/C15H13N3O2.C15H15N3.C11H9N3O2.C6H6BO2.C5H7BrO3.C5H4ClN3O2.C2H6O.2CO2/c1-2-12-10-17-9-8-13(11-6-4-3-5-7-11)14(18(19)20)15(17)16-12;1-2-12-10-18-9-8-13(14(16)15(18)17-12)11-6-4-3-5-7-11;12-11-10(14(15)16)9(6-7-13-11)8-4-2-1-3-5-8;8-7-9-6-4-2-1-3-5-6;1-2-9-5(8)4(7)3-6;6-3-1-2-8-5(7)4(3)9(10)11;1-2-3;2*2-1-3/h3-10H,2H2,1H3;3-10H,2,16H2,1H3;1-7H,(H2,12,13);1-5,8H;2-3H2,1H3;1-2H,(H2,7,8);3H,2H2,1H3;;. The summed E-state index contributed by atoms with van der Waals surface area (Å²) < 4.78 is 12.7. The number of alkyl halides is 1. The zero-order valence-corrected chi connectivity index (χ0v) is 51.9. The maximum Gasteiger partial charge on any atom is 0.569 e. The number of aryl methyl sites for hydroxylation is 2. The van der Waals surface area contributed by atoms with Gasteiger partial charge in [0.15, 0.2) is 5.65 Å². The van der Waals surface area contributed by atoms with Crippen LogP contribution in [0.2, 0.25) is 5.02 Å². The van der Waals surface area contributed by atoms with Crippen molar-refractivity contribution in [1.82, 2.24) is 28.7 Å². The highest BCUT2D eigenvalue weighted by Gasteiger charge is 2.23. The van der Waals surface area contributed by atoms with Gasteiger partial charge in [0.05, 0.1) is 60.7 Å². The van der Waals surface area contributed by atoms with Crippen LogP contribution in [-0.4, -0.2) is 104 Å². The van der Waals surface area contributed by atoms with E-state index in [2.05, 4.69) is 64.3 Å². The fourth-order valence-electron chi connectivity index (χ4n) is 7.42. The normalized spacial score (nSPS) is 9.43. The number of ketones is 1. The largest absolute Gasteiger partial charge is 0.569 e. The first-order valence-corrected chi connectivity index (χ1v) is 28.3. The summed E-state index contributed by atoms with van der Waals surface area (Å²) in [5.74, 6) is -0.903. The zero-order valence-electron chi connectivity index (χ0n) is 49.6.